The molecule has 0 saturated heterocycles. The summed E-state index contributed by atoms with van der Waals surface area (Å²) in [7, 11) is 2.45. The third kappa shape index (κ3) is 2.56. The Morgan fingerprint density at radius 1 is 1.29 bits per heavy atom. The third-order valence-electron chi connectivity index (χ3n) is 2.54. The Morgan fingerprint density at radius 2 is 1.88 bits per heavy atom. The van der Waals surface area contributed by atoms with Crippen molar-refractivity contribution in [3.05, 3.63) is 34.9 Å². The number of alkyl halides is 3. The number of hydrogen-bond donors (Lipinski definition) is 1. The lowest BCUT2D eigenvalue weighted by Gasteiger charge is -2.35. The molecular weight excluding hydrogens is 255 g/mol. The molecule has 17 heavy (non-hydrogen) atoms. The van der Waals surface area contributed by atoms with Gasteiger partial charge in [0.2, 0.25) is 5.60 Å². The van der Waals surface area contributed by atoms with Crippen molar-refractivity contribution in [2.45, 2.75) is 11.8 Å². The first-order valence-electron chi connectivity index (χ1n) is 4.90. The molecule has 0 fully saturated rings. The summed E-state index contributed by atoms with van der Waals surface area (Å²) >= 11 is 5.82. The second-order valence-corrected chi connectivity index (χ2v) is 3.95. The molecule has 1 rings (SSSR count). The highest BCUT2D eigenvalue weighted by atomic mass is 35.5. The number of halogens is 4. The number of rotatable bonds is 4. The highest BCUT2D eigenvalue weighted by molar-refractivity contribution is 6.31. The van der Waals surface area contributed by atoms with E-state index >= 15 is 0 Å². The molecule has 1 N–H and O–H groups in total. The number of likely N-dealkylation sites (N-methyl/N-ethyl adjacent to an activating group) is 1. The van der Waals surface area contributed by atoms with E-state index in [0.717, 1.165) is 7.11 Å². The van der Waals surface area contributed by atoms with Crippen molar-refractivity contribution >= 4 is 11.6 Å². The van der Waals surface area contributed by atoms with Gasteiger partial charge in [0.25, 0.3) is 0 Å². The van der Waals surface area contributed by atoms with Gasteiger partial charge in [-0.2, -0.15) is 13.2 Å². The molecule has 0 aromatic heterocycles. The number of methoxy groups -OCH3 is 1. The second-order valence-electron chi connectivity index (χ2n) is 3.54. The van der Waals surface area contributed by atoms with Crippen LogP contribution in [-0.4, -0.2) is 26.9 Å². The van der Waals surface area contributed by atoms with Gasteiger partial charge in [0.15, 0.2) is 0 Å². The fourth-order valence-electron chi connectivity index (χ4n) is 1.68. The van der Waals surface area contributed by atoms with Gasteiger partial charge in [0.1, 0.15) is 0 Å². The molecule has 1 aromatic rings. The summed E-state index contributed by atoms with van der Waals surface area (Å²) in [5.74, 6) is 0. The van der Waals surface area contributed by atoms with Crippen LogP contribution in [-0.2, 0) is 10.3 Å². The van der Waals surface area contributed by atoms with Crippen molar-refractivity contribution < 1.29 is 17.9 Å². The van der Waals surface area contributed by atoms with Gasteiger partial charge in [-0.1, -0.05) is 29.8 Å². The molecule has 0 aliphatic heterocycles. The Morgan fingerprint density at radius 3 is 2.29 bits per heavy atom. The van der Waals surface area contributed by atoms with E-state index < -0.39 is 18.3 Å². The van der Waals surface area contributed by atoms with Crippen molar-refractivity contribution in [3.8, 4) is 0 Å². The zero-order chi connectivity index (χ0) is 13.1. The zero-order valence-corrected chi connectivity index (χ0v) is 10.2. The van der Waals surface area contributed by atoms with Crippen LogP contribution in [0.5, 0.6) is 0 Å². The maximum Gasteiger partial charge on any atom is 0.423 e. The first kappa shape index (κ1) is 14.3. The van der Waals surface area contributed by atoms with Gasteiger partial charge in [0, 0.05) is 24.2 Å². The van der Waals surface area contributed by atoms with Crippen molar-refractivity contribution in [3.63, 3.8) is 0 Å². The summed E-state index contributed by atoms with van der Waals surface area (Å²) in [5, 5.41) is 2.52. The maximum atomic E-state index is 13.2. The predicted octanol–water partition coefficient (Wildman–Crippen LogP) is 2.96. The Labute approximate surface area is 103 Å². The Kier molecular flexibility index (Phi) is 4.41. The molecule has 96 valence electrons. The Balaban J connectivity index is 3.38. The fraction of sp³-hybridized carbons (Fsp3) is 0.455. The molecule has 1 aromatic carbocycles. The van der Waals surface area contributed by atoms with Crippen LogP contribution in [0.3, 0.4) is 0 Å². The largest absolute Gasteiger partial charge is 0.423 e. The molecule has 0 bridgehead atoms. The van der Waals surface area contributed by atoms with E-state index in [0.29, 0.717) is 0 Å². The van der Waals surface area contributed by atoms with Crippen LogP contribution in [0.1, 0.15) is 5.56 Å². The molecule has 2 nitrogen and oxygen atoms in total. The second kappa shape index (κ2) is 5.25. The molecule has 0 radical (unpaired) electrons. The average Bonchev–Trinajstić information content (AvgIpc) is 2.25. The lowest BCUT2D eigenvalue weighted by Crippen LogP contribution is -2.50. The van der Waals surface area contributed by atoms with E-state index in [-0.39, 0.29) is 10.6 Å². The summed E-state index contributed by atoms with van der Waals surface area (Å²) in [4.78, 5) is 0. The molecule has 0 amide bonds. The van der Waals surface area contributed by atoms with E-state index in [1.807, 2.05) is 0 Å². The van der Waals surface area contributed by atoms with Gasteiger partial charge in [-0.25, -0.2) is 0 Å². The van der Waals surface area contributed by atoms with Crippen LogP contribution in [0, 0.1) is 0 Å². The van der Waals surface area contributed by atoms with Crippen LogP contribution in [0.25, 0.3) is 0 Å². The molecule has 0 saturated carbocycles. The Bertz CT molecular complexity index is 383. The summed E-state index contributed by atoms with van der Waals surface area (Å²) in [6.07, 6.45) is -4.56. The minimum atomic E-state index is -4.56. The molecule has 0 aliphatic carbocycles. The number of hydrogen-bond acceptors (Lipinski definition) is 2. The summed E-state index contributed by atoms with van der Waals surface area (Å²) in [5.41, 5.74) is -2.52. The molecule has 1 atom stereocenters. The van der Waals surface area contributed by atoms with Gasteiger partial charge in [-0.05, 0) is 13.1 Å². The smallest absolute Gasteiger partial charge is 0.363 e. The fourth-order valence-corrected chi connectivity index (χ4v) is 1.97. The zero-order valence-electron chi connectivity index (χ0n) is 9.44. The Hall–Kier alpha value is -0.780. The van der Waals surface area contributed by atoms with Gasteiger partial charge in [0.05, 0.1) is 0 Å². The van der Waals surface area contributed by atoms with E-state index in [1.54, 1.807) is 6.07 Å². The maximum absolute atomic E-state index is 13.2. The summed E-state index contributed by atoms with van der Waals surface area (Å²) in [6.45, 7) is -0.406. The van der Waals surface area contributed by atoms with Crippen LogP contribution in [0.4, 0.5) is 13.2 Å². The molecule has 6 heteroatoms. The number of ether oxygens (including phenoxy) is 1. The van der Waals surface area contributed by atoms with Crippen molar-refractivity contribution in [1.82, 2.24) is 5.32 Å². The minimum absolute atomic E-state index is 0.0296. The van der Waals surface area contributed by atoms with Crippen molar-refractivity contribution in [2.75, 3.05) is 20.7 Å². The van der Waals surface area contributed by atoms with Crippen molar-refractivity contribution in [1.29, 1.82) is 0 Å². The highest BCUT2D eigenvalue weighted by Crippen LogP contribution is 2.43. The van der Waals surface area contributed by atoms with Crippen LogP contribution >= 0.6 is 11.6 Å². The van der Waals surface area contributed by atoms with E-state index in [2.05, 4.69) is 5.32 Å². The molecule has 1 unspecified atom stereocenters. The van der Waals surface area contributed by atoms with Gasteiger partial charge < -0.3 is 10.1 Å². The van der Waals surface area contributed by atoms with Crippen LogP contribution < -0.4 is 5.32 Å². The van der Waals surface area contributed by atoms with Gasteiger partial charge in [-0.3, -0.25) is 0 Å². The monoisotopic (exact) mass is 267 g/mol. The van der Waals surface area contributed by atoms with E-state index in [9.17, 15) is 13.2 Å². The first-order valence-corrected chi connectivity index (χ1v) is 5.28. The molecule has 0 spiro atoms. The molecular formula is C11H13ClF3NO. The quantitative estimate of drug-likeness (QED) is 0.906. The number of benzene rings is 1. The van der Waals surface area contributed by atoms with Crippen LogP contribution in [0.2, 0.25) is 5.02 Å². The topological polar surface area (TPSA) is 21.3 Å². The van der Waals surface area contributed by atoms with Gasteiger partial charge >= 0.3 is 6.18 Å². The first-order chi connectivity index (χ1) is 7.89. The standard InChI is InChI=1S/C11H13ClF3NO/c1-16-7-10(17-2,11(13,14)15)8-5-3-4-6-9(8)12/h3-6,16H,7H2,1-2H3. The normalized spacial score (nSPS) is 15.6. The lowest BCUT2D eigenvalue weighted by molar-refractivity contribution is -0.274. The molecule has 0 heterocycles. The van der Waals surface area contributed by atoms with Crippen molar-refractivity contribution in [2.24, 2.45) is 0 Å². The minimum Gasteiger partial charge on any atom is -0.363 e. The van der Waals surface area contributed by atoms with Crippen LogP contribution in [0.15, 0.2) is 24.3 Å². The van der Waals surface area contributed by atoms with E-state index in [4.69, 9.17) is 16.3 Å². The van der Waals surface area contributed by atoms with Gasteiger partial charge in [-0.15, -0.1) is 0 Å². The van der Waals surface area contributed by atoms with E-state index in [1.165, 1.54) is 25.2 Å². The average molecular weight is 268 g/mol. The summed E-state index contributed by atoms with van der Waals surface area (Å²) < 4.78 is 44.4. The molecule has 0 aliphatic rings. The summed E-state index contributed by atoms with van der Waals surface area (Å²) in [6, 6.07) is 5.79. The number of nitrogens with one attached hydrogen (secondary N) is 1. The third-order valence-corrected chi connectivity index (χ3v) is 2.87. The predicted molar refractivity (Wildman–Crippen MR) is 60.1 cm³/mol. The SMILES string of the molecule is CNCC(OC)(c1ccccc1Cl)C(F)(F)F. The highest BCUT2D eigenvalue weighted by Gasteiger charge is 2.57. The lowest BCUT2D eigenvalue weighted by atomic mass is 9.92.